The number of carbonyl (C=O) groups is 1. The predicted molar refractivity (Wildman–Crippen MR) is 73.1 cm³/mol. The maximum Gasteiger partial charge on any atom is 0.336 e. The highest BCUT2D eigenvalue weighted by Gasteiger charge is 2.38. The van der Waals surface area contributed by atoms with Gasteiger partial charge >= 0.3 is 5.97 Å². The van der Waals surface area contributed by atoms with E-state index < -0.39 is 17.3 Å². The average molecular weight is 276 g/mol. The van der Waals surface area contributed by atoms with Crippen LogP contribution in [0.2, 0.25) is 0 Å². The molecule has 0 aliphatic rings. The van der Waals surface area contributed by atoms with Crippen LogP contribution in [0.5, 0.6) is 0 Å². The fraction of sp³-hybridized carbons (Fsp3) is 0.333. The van der Waals surface area contributed by atoms with E-state index in [4.69, 9.17) is 0 Å². The van der Waals surface area contributed by atoms with E-state index >= 15 is 0 Å². The lowest BCUT2D eigenvalue weighted by atomic mass is 9.89. The molecule has 1 N–H and O–H groups in total. The zero-order valence-electron chi connectivity index (χ0n) is 11.7. The zero-order chi connectivity index (χ0) is 14.9. The molecule has 1 atom stereocenters. The largest absolute Gasteiger partial charge is 0.479 e. The van der Waals surface area contributed by atoms with Crippen LogP contribution >= 0.6 is 0 Å². The molecular weight excluding hydrogens is 259 g/mol. The van der Waals surface area contributed by atoms with E-state index in [-0.39, 0.29) is 5.92 Å². The molecule has 0 radical (unpaired) electrons. The molecule has 0 saturated carbocycles. The van der Waals surface area contributed by atoms with Crippen molar-refractivity contribution >= 4 is 5.97 Å². The lowest BCUT2D eigenvalue weighted by Crippen LogP contribution is -2.40. The number of halogens is 1. The predicted octanol–water partition coefficient (Wildman–Crippen LogP) is 2.99. The number of carboxylic acid groups (broad SMARTS) is 1. The minimum Gasteiger partial charge on any atom is -0.479 e. The summed E-state index contributed by atoms with van der Waals surface area (Å²) in [5, 5.41) is 13.5. The number of nitrogens with zero attached hydrogens (tertiary/aromatic N) is 2. The van der Waals surface area contributed by atoms with Crippen molar-refractivity contribution in [3.8, 4) is 0 Å². The minimum absolute atomic E-state index is 0.0461. The maximum absolute atomic E-state index is 14.1. The molecule has 0 saturated heterocycles. The van der Waals surface area contributed by atoms with Gasteiger partial charge in [0.25, 0.3) is 0 Å². The first-order valence-electron chi connectivity index (χ1n) is 6.40. The molecule has 20 heavy (non-hydrogen) atoms. The Kier molecular flexibility index (Phi) is 3.61. The Bertz CT molecular complexity index is 623. The molecule has 0 aliphatic carbocycles. The standard InChI is InChI=1S/C15H17FN2O2/c1-10(2)12-6-5-11(9-13(12)16)15(3,14(19)20)18-8-4-7-17-18/h4-10H,1-3H3,(H,19,20). The molecule has 2 rings (SSSR count). The summed E-state index contributed by atoms with van der Waals surface area (Å²) in [5.74, 6) is -1.43. The van der Waals surface area contributed by atoms with Crippen LogP contribution in [0.4, 0.5) is 4.39 Å². The molecule has 0 fully saturated rings. The van der Waals surface area contributed by atoms with Gasteiger partial charge < -0.3 is 5.11 Å². The highest BCUT2D eigenvalue weighted by Crippen LogP contribution is 2.29. The molecule has 1 aromatic carbocycles. The fourth-order valence-corrected chi connectivity index (χ4v) is 2.19. The minimum atomic E-state index is -1.43. The molecule has 0 bridgehead atoms. The van der Waals surface area contributed by atoms with Gasteiger partial charge in [0.05, 0.1) is 0 Å². The lowest BCUT2D eigenvalue weighted by Gasteiger charge is -2.26. The van der Waals surface area contributed by atoms with Crippen LogP contribution < -0.4 is 0 Å². The molecule has 5 heteroatoms. The lowest BCUT2D eigenvalue weighted by molar-refractivity contribution is -0.144. The summed E-state index contributed by atoms with van der Waals surface area (Å²) >= 11 is 0. The van der Waals surface area contributed by atoms with E-state index in [9.17, 15) is 14.3 Å². The highest BCUT2D eigenvalue weighted by atomic mass is 19.1. The Balaban J connectivity index is 2.57. The maximum atomic E-state index is 14.1. The summed E-state index contributed by atoms with van der Waals surface area (Å²) in [7, 11) is 0. The van der Waals surface area contributed by atoms with Crippen molar-refractivity contribution in [3.63, 3.8) is 0 Å². The number of hydrogen-bond donors (Lipinski definition) is 1. The molecule has 0 amide bonds. The van der Waals surface area contributed by atoms with Crippen LogP contribution in [0.15, 0.2) is 36.7 Å². The summed E-state index contributed by atoms with van der Waals surface area (Å²) in [6.45, 7) is 5.29. The summed E-state index contributed by atoms with van der Waals surface area (Å²) in [6.07, 6.45) is 3.06. The summed E-state index contributed by atoms with van der Waals surface area (Å²) in [5.41, 5.74) is -0.502. The third-order valence-corrected chi connectivity index (χ3v) is 3.56. The summed E-state index contributed by atoms with van der Waals surface area (Å²) < 4.78 is 15.4. The third kappa shape index (κ3) is 2.19. The van der Waals surface area contributed by atoms with Crippen molar-refractivity contribution < 1.29 is 14.3 Å². The van der Waals surface area contributed by atoms with Crippen LogP contribution in [0.1, 0.15) is 37.8 Å². The second kappa shape index (κ2) is 5.07. The first-order chi connectivity index (χ1) is 9.37. The molecular formula is C15H17FN2O2. The van der Waals surface area contributed by atoms with E-state index in [1.54, 1.807) is 24.4 Å². The van der Waals surface area contributed by atoms with Crippen LogP contribution in [0, 0.1) is 5.82 Å². The van der Waals surface area contributed by atoms with Crippen molar-refractivity contribution in [2.75, 3.05) is 0 Å². The fourth-order valence-electron chi connectivity index (χ4n) is 2.19. The Morgan fingerprint density at radius 2 is 2.15 bits per heavy atom. The third-order valence-electron chi connectivity index (χ3n) is 3.56. The van der Waals surface area contributed by atoms with E-state index in [1.165, 1.54) is 23.9 Å². The van der Waals surface area contributed by atoms with Crippen molar-refractivity contribution in [1.82, 2.24) is 9.78 Å². The van der Waals surface area contributed by atoms with Crippen LogP contribution in [0.3, 0.4) is 0 Å². The van der Waals surface area contributed by atoms with Crippen LogP contribution in [0.25, 0.3) is 0 Å². The average Bonchev–Trinajstić information content (AvgIpc) is 2.91. The van der Waals surface area contributed by atoms with Gasteiger partial charge in [-0.05, 0) is 36.1 Å². The van der Waals surface area contributed by atoms with E-state index in [1.807, 2.05) is 13.8 Å². The first-order valence-corrected chi connectivity index (χ1v) is 6.40. The molecule has 1 unspecified atom stereocenters. The smallest absolute Gasteiger partial charge is 0.336 e. The number of carboxylic acids is 1. The summed E-state index contributed by atoms with van der Waals surface area (Å²) in [4.78, 5) is 11.7. The second-order valence-electron chi connectivity index (χ2n) is 5.22. The van der Waals surface area contributed by atoms with Gasteiger partial charge in [0.15, 0.2) is 5.54 Å². The van der Waals surface area contributed by atoms with Crippen molar-refractivity contribution in [2.24, 2.45) is 0 Å². The van der Waals surface area contributed by atoms with Crippen molar-refractivity contribution in [2.45, 2.75) is 32.2 Å². The van der Waals surface area contributed by atoms with Gasteiger partial charge in [0.1, 0.15) is 5.82 Å². The van der Waals surface area contributed by atoms with E-state index in [2.05, 4.69) is 5.10 Å². The quantitative estimate of drug-likeness (QED) is 0.934. The highest BCUT2D eigenvalue weighted by molar-refractivity contribution is 5.80. The Labute approximate surface area is 116 Å². The Morgan fingerprint density at radius 1 is 1.45 bits per heavy atom. The van der Waals surface area contributed by atoms with Gasteiger partial charge in [-0.1, -0.05) is 26.0 Å². The van der Waals surface area contributed by atoms with E-state index in [0.29, 0.717) is 11.1 Å². The number of rotatable bonds is 4. The molecule has 0 aliphatic heterocycles. The SMILES string of the molecule is CC(C)c1ccc(C(C)(C(=O)O)n2cccn2)cc1F. The van der Waals surface area contributed by atoms with Gasteiger partial charge in [-0.25, -0.2) is 9.18 Å². The van der Waals surface area contributed by atoms with Gasteiger partial charge in [-0.2, -0.15) is 5.10 Å². The molecule has 106 valence electrons. The number of benzene rings is 1. The van der Waals surface area contributed by atoms with Crippen LogP contribution in [-0.4, -0.2) is 20.9 Å². The monoisotopic (exact) mass is 276 g/mol. The Morgan fingerprint density at radius 3 is 2.60 bits per heavy atom. The zero-order valence-corrected chi connectivity index (χ0v) is 11.7. The molecule has 1 heterocycles. The molecule has 2 aromatic rings. The molecule has 4 nitrogen and oxygen atoms in total. The number of aromatic nitrogens is 2. The van der Waals surface area contributed by atoms with Gasteiger partial charge in [-0.15, -0.1) is 0 Å². The first kappa shape index (κ1) is 14.2. The number of aliphatic carboxylic acids is 1. The van der Waals surface area contributed by atoms with Crippen LogP contribution in [-0.2, 0) is 10.3 Å². The van der Waals surface area contributed by atoms with Gasteiger partial charge in [0, 0.05) is 12.4 Å². The van der Waals surface area contributed by atoms with Crippen molar-refractivity contribution in [1.29, 1.82) is 0 Å². The normalized spacial score (nSPS) is 14.2. The second-order valence-corrected chi connectivity index (χ2v) is 5.22. The summed E-state index contributed by atoms with van der Waals surface area (Å²) in [6, 6.07) is 6.21. The van der Waals surface area contributed by atoms with Crippen molar-refractivity contribution in [3.05, 3.63) is 53.6 Å². The molecule has 0 spiro atoms. The topological polar surface area (TPSA) is 55.1 Å². The van der Waals surface area contributed by atoms with Gasteiger partial charge in [-0.3, -0.25) is 4.68 Å². The Hall–Kier alpha value is -2.17. The number of hydrogen-bond acceptors (Lipinski definition) is 2. The molecule has 1 aromatic heterocycles. The van der Waals surface area contributed by atoms with Gasteiger partial charge in [0.2, 0.25) is 0 Å². The van der Waals surface area contributed by atoms with E-state index in [0.717, 1.165) is 0 Å².